The first-order valence-electron chi connectivity index (χ1n) is 4.01. The Labute approximate surface area is 78.3 Å². The number of rotatable bonds is 1. The van der Waals surface area contributed by atoms with Gasteiger partial charge in [0.1, 0.15) is 0 Å². The van der Waals surface area contributed by atoms with Crippen molar-refractivity contribution in [3.8, 4) is 0 Å². The predicted molar refractivity (Wildman–Crippen MR) is 49.5 cm³/mol. The molecule has 0 spiro atoms. The van der Waals surface area contributed by atoms with Gasteiger partial charge in [0, 0.05) is 13.0 Å². The van der Waals surface area contributed by atoms with Crippen LogP contribution in [0.2, 0.25) is 0 Å². The van der Waals surface area contributed by atoms with Crippen LogP contribution >= 0.6 is 0 Å². The molecule has 0 aromatic heterocycles. The van der Waals surface area contributed by atoms with Crippen LogP contribution in [-0.2, 0) is 0 Å². The third kappa shape index (κ3) is 51.3. The predicted octanol–water partition coefficient (Wildman–Crippen LogP) is 3.40. The summed E-state index contributed by atoms with van der Waals surface area (Å²) in [5, 5.41) is 8.14. The van der Waals surface area contributed by atoms with Gasteiger partial charge in [0.2, 0.25) is 0 Å². The zero-order valence-electron chi connectivity index (χ0n) is 8.49. The zero-order chi connectivity index (χ0) is 11.5. The van der Waals surface area contributed by atoms with E-state index in [1.54, 1.807) is 0 Å². The van der Waals surface area contributed by atoms with Crippen molar-refractivity contribution in [2.24, 2.45) is 5.92 Å². The molecule has 0 atom stereocenters. The van der Waals surface area contributed by atoms with E-state index in [4.69, 9.17) is 5.11 Å². The lowest BCUT2D eigenvalue weighted by atomic mass is 10.2. The van der Waals surface area contributed by atoms with Crippen molar-refractivity contribution >= 4 is 0 Å². The smallest absolute Gasteiger partial charge is 0.388 e. The van der Waals surface area contributed by atoms with E-state index in [-0.39, 0.29) is 0 Å². The van der Waals surface area contributed by atoms with E-state index in [0.29, 0.717) is 12.5 Å². The Morgan fingerprint density at radius 1 is 1.23 bits per heavy atom. The molecule has 0 heterocycles. The lowest BCUT2D eigenvalue weighted by Crippen LogP contribution is -2.02. The number of hydrogen-bond acceptors (Lipinski definition) is 1. The molecule has 13 heavy (non-hydrogen) atoms. The molecule has 82 valence electrons. The first-order chi connectivity index (χ1) is 5.83. The Balaban J connectivity index is -0.000000131. The number of halogens is 3. The van der Waals surface area contributed by atoms with Crippen molar-refractivity contribution in [3.05, 3.63) is 13.2 Å². The quantitative estimate of drug-likeness (QED) is 0.643. The fourth-order valence-corrected chi connectivity index (χ4v) is 0. The monoisotopic (exact) mass is 200 g/mol. The van der Waals surface area contributed by atoms with Crippen molar-refractivity contribution < 1.29 is 18.3 Å². The molecule has 0 radical (unpaired) electrons. The lowest BCUT2D eigenvalue weighted by molar-refractivity contribution is -0.130. The first-order valence-corrected chi connectivity index (χ1v) is 4.01. The average Bonchev–Trinajstić information content (AvgIpc) is 2.08. The minimum Gasteiger partial charge on any atom is -0.396 e. The fraction of sp³-hybridized carbons (Fsp3) is 0.778. The molecule has 0 bridgehead atoms. The molecule has 1 N–H and O–H groups in total. The Bertz CT molecular complexity index is 89.4. The molecule has 0 amide bonds. The summed E-state index contributed by atoms with van der Waals surface area (Å²) in [6, 6.07) is 0. The van der Waals surface area contributed by atoms with E-state index in [1.807, 2.05) is 13.8 Å². The number of aliphatic hydroxyl groups excluding tert-OH is 1. The molecular weight excluding hydrogens is 181 g/mol. The van der Waals surface area contributed by atoms with Gasteiger partial charge in [0.15, 0.2) is 0 Å². The molecule has 0 rings (SSSR count). The second kappa shape index (κ2) is 11.5. The molecule has 0 aliphatic heterocycles. The average molecular weight is 200 g/mol. The Kier molecular flexibility index (Phi) is 16.2. The standard InChI is InChI=1S/C4H10O.C3H5F3.C2H4/c1-4(2)3-5;1-2-3(4,5)6;1-2/h4-5H,3H2,1-2H3;2H2,1H3;1-2H2. The van der Waals surface area contributed by atoms with Crippen molar-refractivity contribution in [2.75, 3.05) is 6.61 Å². The molecule has 0 unspecified atom stereocenters. The van der Waals surface area contributed by atoms with Gasteiger partial charge < -0.3 is 5.11 Å². The maximum Gasteiger partial charge on any atom is 0.388 e. The summed E-state index contributed by atoms with van der Waals surface area (Å²) in [5.74, 6) is 0.440. The van der Waals surface area contributed by atoms with Gasteiger partial charge in [0.05, 0.1) is 0 Å². The van der Waals surface area contributed by atoms with Crippen LogP contribution in [0.25, 0.3) is 0 Å². The van der Waals surface area contributed by atoms with Crippen LogP contribution in [0.3, 0.4) is 0 Å². The van der Waals surface area contributed by atoms with Crippen LogP contribution in [0.4, 0.5) is 13.2 Å². The van der Waals surface area contributed by atoms with Gasteiger partial charge in [-0.2, -0.15) is 13.2 Å². The summed E-state index contributed by atoms with van der Waals surface area (Å²) in [5.41, 5.74) is 0. The topological polar surface area (TPSA) is 20.2 Å². The van der Waals surface area contributed by atoms with Gasteiger partial charge in [-0.05, 0) is 5.92 Å². The lowest BCUT2D eigenvalue weighted by Gasteiger charge is -1.96. The highest BCUT2D eigenvalue weighted by molar-refractivity contribution is 4.39. The largest absolute Gasteiger partial charge is 0.396 e. The van der Waals surface area contributed by atoms with Gasteiger partial charge in [-0.3, -0.25) is 0 Å². The third-order valence-electron chi connectivity index (χ3n) is 0.766. The SMILES string of the molecule is C=C.CC(C)CO.CCC(F)(F)F. The molecule has 4 heteroatoms. The number of alkyl halides is 3. The van der Waals surface area contributed by atoms with Gasteiger partial charge in [-0.1, -0.05) is 20.8 Å². The Hall–Kier alpha value is -0.510. The fourth-order valence-electron chi connectivity index (χ4n) is 0. The van der Waals surface area contributed by atoms with Crippen molar-refractivity contribution in [2.45, 2.75) is 33.4 Å². The maximum absolute atomic E-state index is 10.8. The molecule has 0 aromatic rings. The summed E-state index contributed by atoms with van der Waals surface area (Å²) in [4.78, 5) is 0. The van der Waals surface area contributed by atoms with Gasteiger partial charge in [-0.25, -0.2) is 0 Å². The van der Waals surface area contributed by atoms with E-state index in [1.165, 1.54) is 0 Å². The first kappa shape index (κ1) is 18.3. The molecule has 0 saturated heterocycles. The van der Waals surface area contributed by atoms with E-state index in [0.717, 1.165) is 6.92 Å². The van der Waals surface area contributed by atoms with Crippen molar-refractivity contribution in [1.82, 2.24) is 0 Å². The minimum atomic E-state index is -3.96. The molecular formula is C9H19F3O. The molecule has 1 nitrogen and oxygen atoms in total. The van der Waals surface area contributed by atoms with Crippen LogP contribution in [0.5, 0.6) is 0 Å². The molecule has 0 aliphatic carbocycles. The van der Waals surface area contributed by atoms with Gasteiger partial charge >= 0.3 is 6.18 Å². The minimum absolute atomic E-state index is 0.306. The summed E-state index contributed by atoms with van der Waals surface area (Å²) >= 11 is 0. The molecule has 0 fully saturated rings. The molecule has 0 aliphatic rings. The van der Waals surface area contributed by atoms with E-state index >= 15 is 0 Å². The highest BCUT2D eigenvalue weighted by Gasteiger charge is 2.22. The van der Waals surface area contributed by atoms with Crippen LogP contribution in [0.1, 0.15) is 27.2 Å². The Morgan fingerprint density at radius 2 is 1.38 bits per heavy atom. The maximum atomic E-state index is 10.8. The van der Waals surface area contributed by atoms with E-state index in [2.05, 4.69) is 13.2 Å². The third-order valence-corrected chi connectivity index (χ3v) is 0.766. The highest BCUT2D eigenvalue weighted by atomic mass is 19.4. The van der Waals surface area contributed by atoms with E-state index < -0.39 is 12.6 Å². The van der Waals surface area contributed by atoms with Crippen molar-refractivity contribution in [1.29, 1.82) is 0 Å². The van der Waals surface area contributed by atoms with Crippen LogP contribution in [0, 0.1) is 5.92 Å². The zero-order valence-corrected chi connectivity index (χ0v) is 8.49. The van der Waals surface area contributed by atoms with Gasteiger partial charge in [0.25, 0.3) is 0 Å². The van der Waals surface area contributed by atoms with Crippen LogP contribution < -0.4 is 0 Å². The van der Waals surface area contributed by atoms with E-state index in [9.17, 15) is 13.2 Å². The second-order valence-corrected chi connectivity index (χ2v) is 2.55. The normalized spacial score (nSPS) is 9.54. The Morgan fingerprint density at radius 3 is 1.38 bits per heavy atom. The van der Waals surface area contributed by atoms with Crippen LogP contribution in [0.15, 0.2) is 13.2 Å². The van der Waals surface area contributed by atoms with Crippen LogP contribution in [-0.4, -0.2) is 17.9 Å². The summed E-state index contributed by atoms with van der Waals surface area (Å²) in [7, 11) is 0. The molecule has 0 saturated carbocycles. The summed E-state index contributed by atoms with van der Waals surface area (Å²) < 4.78 is 32.4. The summed E-state index contributed by atoms with van der Waals surface area (Å²) in [6.07, 6.45) is -4.69. The summed E-state index contributed by atoms with van der Waals surface area (Å²) in [6.45, 7) is 11.3. The second-order valence-electron chi connectivity index (χ2n) is 2.55. The molecule has 0 aromatic carbocycles. The van der Waals surface area contributed by atoms with Crippen molar-refractivity contribution in [3.63, 3.8) is 0 Å². The number of aliphatic hydroxyl groups is 1. The van der Waals surface area contributed by atoms with Gasteiger partial charge in [-0.15, -0.1) is 13.2 Å². The highest BCUT2D eigenvalue weighted by Crippen LogP contribution is 2.17. The number of hydrogen-bond donors (Lipinski definition) is 1.